The van der Waals surface area contributed by atoms with Crippen LogP contribution in [0.15, 0.2) is 84.4 Å². The highest BCUT2D eigenvalue weighted by atomic mass is 16.5. The molecule has 5 rings (SSSR count). The summed E-state index contributed by atoms with van der Waals surface area (Å²) in [6.07, 6.45) is 1.50. The van der Waals surface area contributed by atoms with Gasteiger partial charge in [-0.2, -0.15) is 0 Å². The van der Waals surface area contributed by atoms with Gasteiger partial charge in [0.1, 0.15) is 23.7 Å². The minimum absolute atomic E-state index is 0.173. The number of urea groups is 1. The van der Waals surface area contributed by atoms with Crippen molar-refractivity contribution in [1.82, 2.24) is 5.32 Å². The summed E-state index contributed by atoms with van der Waals surface area (Å²) in [5, 5.41) is 4.01. The number of carbonyl (C=O) groups is 3. The summed E-state index contributed by atoms with van der Waals surface area (Å²) in [4.78, 5) is 40.0. The quantitative estimate of drug-likeness (QED) is 0.267. The third-order valence-electron chi connectivity index (χ3n) is 6.33. The molecule has 1 fully saturated rings. The van der Waals surface area contributed by atoms with Gasteiger partial charge in [-0.3, -0.25) is 14.9 Å². The molecular weight excluding hydrogens is 480 g/mol. The SMILES string of the molecule is COc1ccc(N2C(=O)NC(=O)/C(=C\c3c(OCc4cc(C)cc(C)c4)ccc4ccccc34)C2=O)cc1. The van der Waals surface area contributed by atoms with E-state index in [1.807, 2.05) is 50.2 Å². The number of barbiturate groups is 1. The van der Waals surface area contributed by atoms with Gasteiger partial charge in [0, 0.05) is 5.56 Å². The van der Waals surface area contributed by atoms with Gasteiger partial charge in [-0.05, 0) is 66.6 Å². The highest BCUT2D eigenvalue weighted by Gasteiger charge is 2.37. The monoisotopic (exact) mass is 506 g/mol. The molecular formula is C31H26N2O5. The number of nitrogens with one attached hydrogen (secondary N) is 1. The van der Waals surface area contributed by atoms with Crippen LogP contribution in [0.5, 0.6) is 11.5 Å². The van der Waals surface area contributed by atoms with Gasteiger partial charge in [0.2, 0.25) is 0 Å². The third-order valence-corrected chi connectivity index (χ3v) is 6.33. The Morgan fingerprint density at radius 1 is 0.868 bits per heavy atom. The number of fused-ring (bicyclic) bond motifs is 1. The lowest BCUT2D eigenvalue weighted by atomic mass is 9.99. The molecule has 0 aromatic heterocycles. The van der Waals surface area contributed by atoms with E-state index in [0.29, 0.717) is 29.4 Å². The largest absolute Gasteiger partial charge is 0.497 e. The van der Waals surface area contributed by atoms with Crippen molar-refractivity contribution in [3.63, 3.8) is 0 Å². The smallest absolute Gasteiger partial charge is 0.335 e. The number of methoxy groups -OCH3 is 1. The summed E-state index contributed by atoms with van der Waals surface area (Å²) >= 11 is 0. The summed E-state index contributed by atoms with van der Waals surface area (Å²) in [6.45, 7) is 4.38. The van der Waals surface area contributed by atoms with Crippen LogP contribution < -0.4 is 19.7 Å². The molecule has 1 aliphatic rings. The van der Waals surface area contributed by atoms with Crippen LogP contribution in [0.1, 0.15) is 22.3 Å². The molecule has 1 heterocycles. The fourth-order valence-corrected chi connectivity index (χ4v) is 4.63. The number of rotatable bonds is 6. The van der Waals surface area contributed by atoms with Crippen molar-refractivity contribution >= 4 is 40.4 Å². The number of aryl methyl sites for hydroxylation is 2. The summed E-state index contributed by atoms with van der Waals surface area (Å²) in [5.41, 5.74) is 4.00. The first-order chi connectivity index (χ1) is 18.3. The summed E-state index contributed by atoms with van der Waals surface area (Å²) in [6, 6.07) is 23.3. The molecule has 190 valence electrons. The molecule has 0 saturated carbocycles. The van der Waals surface area contributed by atoms with Crippen molar-refractivity contribution in [3.8, 4) is 11.5 Å². The maximum Gasteiger partial charge on any atom is 0.335 e. The van der Waals surface area contributed by atoms with Crippen molar-refractivity contribution in [2.75, 3.05) is 12.0 Å². The second-order valence-corrected chi connectivity index (χ2v) is 9.14. The molecule has 4 aromatic rings. The lowest BCUT2D eigenvalue weighted by Gasteiger charge is -2.26. The predicted molar refractivity (Wildman–Crippen MR) is 146 cm³/mol. The van der Waals surface area contributed by atoms with Gasteiger partial charge >= 0.3 is 6.03 Å². The standard InChI is InChI=1S/C31H26N2O5/c1-19-14-20(2)16-21(15-19)18-38-28-13-8-22-6-4-5-7-25(22)26(28)17-27-29(34)32-31(36)33(30(27)35)23-9-11-24(37-3)12-10-23/h4-17H,18H2,1-3H3,(H,32,34,36)/b27-17+. The van der Waals surface area contributed by atoms with Gasteiger partial charge in [0.15, 0.2) is 0 Å². The molecule has 7 heteroatoms. The molecule has 1 N–H and O–H groups in total. The maximum atomic E-state index is 13.5. The summed E-state index contributed by atoms with van der Waals surface area (Å²) in [7, 11) is 1.53. The molecule has 1 aliphatic heterocycles. The van der Waals surface area contributed by atoms with Gasteiger partial charge in [0.05, 0.1) is 12.8 Å². The number of carbonyl (C=O) groups excluding carboxylic acids is 3. The van der Waals surface area contributed by atoms with Gasteiger partial charge in [-0.1, -0.05) is 59.7 Å². The molecule has 1 saturated heterocycles. The molecule has 7 nitrogen and oxygen atoms in total. The Morgan fingerprint density at radius 2 is 1.58 bits per heavy atom. The number of nitrogens with zero attached hydrogens (tertiary/aromatic N) is 1. The van der Waals surface area contributed by atoms with Gasteiger partial charge < -0.3 is 9.47 Å². The van der Waals surface area contributed by atoms with Crippen LogP contribution in [0, 0.1) is 13.8 Å². The van der Waals surface area contributed by atoms with E-state index in [-0.39, 0.29) is 5.57 Å². The Labute approximate surface area is 220 Å². The Kier molecular flexibility index (Phi) is 6.66. The summed E-state index contributed by atoms with van der Waals surface area (Å²) < 4.78 is 11.4. The van der Waals surface area contributed by atoms with Crippen molar-refractivity contribution in [1.29, 1.82) is 0 Å². The zero-order valence-electron chi connectivity index (χ0n) is 21.3. The van der Waals surface area contributed by atoms with E-state index in [4.69, 9.17) is 9.47 Å². The molecule has 4 aromatic carbocycles. The molecule has 0 spiro atoms. The molecule has 38 heavy (non-hydrogen) atoms. The van der Waals surface area contributed by atoms with E-state index < -0.39 is 17.8 Å². The lowest BCUT2D eigenvalue weighted by Crippen LogP contribution is -2.54. The minimum Gasteiger partial charge on any atom is -0.497 e. The van der Waals surface area contributed by atoms with Crippen LogP contribution in [0.3, 0.4) is 0 Å². The zero-order chi connectivity index (χ0) is 26.8. The number of benzene rings is 4. The molecule has 4 amide bonds. The number of hydrogen-bond acceptors (Lipinski definition) is 5. The van der Waals surface area contributed by atoms with Crippen molar-refractivity contribution in [2.24, 2.45) is 0 Å². The number of hydrogen-bond donors (Lipinski definition) is 1. The topological polar surface area (TPSA) is 84.9 Å². The molecule has 0 atom stereocenters. The fraction of sp³-hybridized carbons (Fsp3) is 0.129. The number of amides is 4. The first-order valence-corrected chi connectivity index (χ1v) is 12.1. The molecule has 0 unspecified atom stereocenters. The van der Waals surface area contributed by atoms with Crippen LogP contribution >= 0.6 is 0 Å². The number of ether oxygens (including phenoxy) is 2. The Balaban J connectivity index is 1.56. The Hall–Kier alpha value is -4.91. The van der Waals surface area contributed by atoms with Crippen LogP contribution in [0.4, 0.5) is 10.5 Å². The average molecular weight is 507 g/mol. The third kappa shape index (κ3) is 4.86. The van der Waals surface area contributed by atoms with Crippen LogP contribution in [-0.4, -0.2) is 25.0 Å². The van der Waals surface area contributed by atoms with Gasteiger partial charge in [0.25, 0.3) is 11.8 Å². The Morgan fingerprint density at radius 3 is 2.29 bits per heavy atom. The fourth-order valence-electron chi connectivity index (χ4n) is 4.63. The van der Waals surface area contributed by atoms with E-state index in [1.54, 1.807) is 24.3 Å². The van der Waals surface area contributed by atoms with E-state index >= 15 is 0 Å². The maximum absolute atomic E-state index is 13.5. The number of anilines is 1. The van der Waals surface area contributed by atoms with Gasteiger partial charge in [-0.15, -0.1) is 0 Å². The first kappa shape index (κ1) is 24.8. The molecule has 0 aliphatic carbocycles. The zero-order valence-corrected chi connectivity index (χ0v) is 21.3. The van der Waals surface area contributed by atoms with Crippen molar-refractivity contribution in [2.45, 2.75) is 20.5 Å². The van der Waals surface area contributed by atoms with E-state index in [1.165, 1.54) is 13.2 Å². The molecule has 0 bridgehead atoms. The average Bonchev–Trinajstić information content (AvgIpc) is 2.90. The van der Waals surface area contributed by atoms with Gasteiger partial charge in [-0.25, -0.2) is 9.69 Å². The highest BCUT2D eigenvalue weighted by molar-refractivity contribution is 6.39. The van der Waals surface area contributed by atoms with Crippen LogP contribution in [0.25, 0.3) is 16.8 Å². The number of imide groups is 2. The van der Waals surface area contributed by atoms with E-state index in [2.05, 4.69) is 23.5 Å². The van der Waals surface area contributed by atoms with E-state index in [9.17, 15) is 14.4 Å². The second kappa shape index (κ2) is 10.2. The van der Waals surface area contributed by atoms with Crippen LogP contribution in [-0.2, 0) is 16.2 Å². The predicted octanol–water partition coefficient (Wildman–Crippen LogP) is 5.71. The molecule has 0 radical (unpaired) electrons. The highest BCUT2D eigenvalue weighted by Crippen LogP contribution is 2.32. The van der Waals surface area contributed by atoms with Crippen molar-refractivity contribution < 1.29 is 23.9 Å². The van der Waals surface area contributed by atoms with E-state index in [0.717, 1.165) is 32.4 Å². The van der Waals surface area contributed by atoms with Crippen molar-refractivity contribution in [3.05, 3.63) is 107 Å². The lowest BCUT2D eigenvalue weighted by molar-refractivity contribution is -0.122. The van der Waals surface area contributed by atoms with Crippen LogP contribution in [0.2, 0.25) is 0 Å². The first-order valence-electron chi connectivity index (χ1n) is 12.1. The summed E-state index contributed by atoms with van der Waals surface area (Å²) in [5.74, 6) is -0.397. The Bertz CT molecular complexity index is 1580. The normalized spacial score (nSPS) is 14.7. The minimum atomic E-state index is -0.813. The second-order valence-electron chi connectivity index (χ2n) is 9.14.